The highest BCUT2D eigenvalue weighted by Gasteiger charge is 2.37. The average Bonchev–Trinajstić information content (AvgIpc) is 3.22. The van der Waals surface area contributed by atoms with Gasteiger partial charge >= 0.3 is 0 Å². The Morgan fingerprint density at radius 2 is 1.69 bits per heavy atom. The Morgan fingerprint density at radius 3 is 2.50 bits per heavy atom. The van der Waals surface area contributed by atoms with Crippen molar-refractivity contribution >= 4 is 29.2 Å². The van der Waals surface area contributed by atoms with Crippen molar-refractivity contribution in [1.82, 2.24) is 0 Å². The van der Waals surface area contributed by atoms with Gasteiger partial charge < -0.3 is 9.80 Å². The van der Waals surface area contributed by atoms with Crippen LogP contribution in [-0.4, -0.2) is 25.0 Å². The lowest BCUT2D eigenvalue weighted by atomic mass is 9.89. The van der Waals surface area contributed by atoms with Gasteiger partial charge in [0.05, 0.1) is 5.69 Å². The van der Waals surface area contributed by atoms with E-state index in [0.717, 1.165) is 6.54 Å². The number of benzene rings is 2. The zero-order valence-corrected chi connectivity index (χ0v) is 15.9. The van der Waals surface area contributed by atoms with Gasteiger partial charge in [0.15, 0.2) is 0 Å². The lowest BCUT2D eigenvalue weighted by Gasteiger charge is -2.37. The van der Waals surface area contributed by atoms with E-state index in [-0.39, 0.29) is 0 Å². The first-order chi connectivity index (χ1) is 12.9. The molecule has 4 aliphatic heterocycles. The molecule has 0 aliphatic carbocycles. The standard InChI is InChI=1S/C23H24N2S/c1-2-8-21-20(7-1)25-12-9-19(23(25)26-21)15-16-13-17-5-3-10-24-11-4-6-18(14-16)22(17)24/h1-2,7-8,13-15,23H,3-6,9-12H2. The van der Waals surface area contributed by atoms with Gasteiger partial charge in [-0.1, -0.05) is 30.0 Å². The van der Waals surface area contributed by atoms with Crippen LogP contribution in [0.1, 0.15) is 36.0 Å². The summed E-state index contributed by atoms with van der Waals surface area (Å²) in [5.41, 5.74) is 9.25. The largest absolute Gasteiger partial charge is 0.371 e. The maximum Gasteiger partial charge on any atom is 0.102 e. The number of para-hydroxylation sites is 1. The molecule has 26 heavy (non-hydrogen) atoms. The van der Waals surface area contributed by atoms with E-state index in [0.29, 0.717) is 5.37 Å². The van der Waals surface area contributed by atoms with Crippen LogP contribution in [0.4, 0.5) is 11.4 Å². The van der Waals surface area contributed by atoms with Crippen LogP contribution < -0.4 is 9.80 Å². The molecule has 132 valence electrons. The highest BCUT2D eigenvalue weighted by atomic mass is 32.2. The Hall–Kier alpha value is -1.87. The van der Waals surface area contributed by atoms with E-state index in [2.05, 4.69) is 52.3 Å². The Kier molecular flexibility index (Phi) is 3.40. The number of fused-ring (bicyclic) bond motifs is 3. The Labute approximate surface area is 159 Å². The molecule has 0 saturated carbocycles. The van der Waals surface area contributed by atoms with Crippen molar-refractivity contribution in [1.29, 1.82) is 0 Å². The summed E-state index contributed by atoms with van der Waals surface area (Å²) in [5, 5.41) is 0.510. The van der Waals surface area contributed by atoms with Crippen molar-refractivity contribution < 1.29 is 0 Å². The average molecular weight is 361 g/mol. The molecule has 0 radical (unpaired) electrons. The van der Waals surface area contributed by atoms with Crippen molar-refractivity contribution in [2.24, 2.45) is 0 Å². The second-order valence-corrected chi connectivity index (χ2v) is 9.10. The van der Waals surface area contributed by atoms with E-state index in [1.165, 1.54) is 61.3 Å². The first-order valence-electron chi connectivity index (χ1n) is 10.0. The summed E-state index contributed by atoms with van der Waals surface area (Å²) in [4.78, 5) is 6.67. The molecule has 6 rings (SSSR count). The summed E-state index contributed by atoms with van der Waals surface area (Å²) in [6, 6.07) is 13.9. The molecule has 0 aromatic heterocycles. The number of aryl methyl sites for hydroxylation is 2. The summed E-state index contributed by atoms with van der Waals surface area (Å²) < 4.78 is 0. The van der Waals surface area contributed by atoms with Crippen LogP contribution in [0.5, 0.6) is 0 Å². The third kappa shape index (κ3) is 2.26. The van der Waals surface area contributed by atoms with Crippen molar-refractivity contribution in [2.75, 3.05) is 29.4 Å². The molecule has 0 bridgehead atoms. The van der Waals surface area contributed by atoms with Gasteiger partial charge in [0, 0.05) is 30.2 Å². The zero-order valence-electron chi connectivity index (χ0n) is 15.1. The quantitative estimate of drug-likeness (QED) is 0.698. The van der Waals surface area contributed by atoms with Gasteiger partial charge in [-0.2, -0.15) is 0 Å². The first kappa shape index (κ1) is 15.2. The molecule has 2 nitrogen and oxygen atoms in total. The molecular weight excluding hydrogens is 336 g/mol. The van der Waals surface area contributed by atoms with E-state index in [1.807, 2.05) is 11.8 Å². The topological polar surface area (TPSA) is 6.48 Å². The van der Waals surface area contributed by atoms with E-state index in [4.69, 9.17) is 0 Å². The van der Waals surface area contributed by atoms with E-state index >= 15 is 0 Å². The lowest BCUT2D eigenvalue weighted by molar-refractivity contribution is 0.634. The van der Waals surface area contributed by atoms with Crippen LogP contribution in [0.3, 0.4) is 0 Å². The van der Waals surface area contributed by atoms with E-state index < -0.39 is 0 Å². The molecule has 1 atom stereocenters. The molecule has 4 heterocycles. The lowest BCUT2D eigenvalue weighted by Crippen LogP contribution is -2.34. The molecule has 1 unspecified atom stereocenters. The minimum Gasteiger partial charge on any atom is -0.371 e. The highest BCUT2D eigenvalue weighted by Crippen LogP contribution is 2.50. The number of nitrogens with zero attached hydrogens (tertiary/aromatic N) is 2. The molecule has 2 aromatic carbocycles. The van der Waals surface area contributed by atoms with Crippen LogP contribution >= 0.6 is 11.8 Å². The maximum atomic E-state index is 2.63. The monoisotopic (exact) mass is 360 g/mol. The van der Waals surface area contributed by atoms with Crippen molar-refractivity contribution in [3.05, 3.63) is 58.7 Å². The predicted octanol–water partition coefficient (Wildman–Crippen LogP) is 5.11. The third-order valence-corrected chi connectivity index (χ3v) is 7.74. The van der Waals surface area contributed by atoms with Gasteiger partial charge in [-0.25, -0.2) is 0 Å². The van der Waals surface area contributed by atoms with Crippen molar-refractivity contribution in [3.8, 4) is 0 Å². The number of hydrogen-bond donors (Lipinski definition) is 0. The second-order valence-electron chi connectivity index (χ2n) is 7.98. The number of anilines is 2. The first-order valence-corrected chi connectivity index (χ1v) is 10.9. The summed E-state index contributed by atoms with van der Waals surface area (Å²) in [5.74, 6) is 0. The third-order valence-electron chi connectivity index (χ3n) is 6.36. The summed E-state index contributed by atoms with van der Waals surface area (Å²) in [7, 11) is 0. The minimum atomic E-state index is 0.510. The number of hydrogen-bond acceptors (Lipinski definition) is 3. The molecule has 1 saturated heterocycles. The van der Waals surface area contributed by atoms with Gasteiger partial charge in [-0.15, -0.1) is 0 Å². The fourth-order valence-electron chi connectivity index (χ4n) is 5.26. The second kappa shape index (κ2) is 5.82. The Morgan fingerprint density at radius 1 is 0.923 bits per heavy atom. The predicted molar refractivity (Wildman–Crippen MR) is 111 cm³/mol. The SMILES string of the molecule is C(=C1CCN2c3ccccc3SC12)c1cc2c3c(c1)CCCN3CCC2. The van der Waals surface area contributed by atoms with Gasteiger partial charge in [-0.3, -0.25) is 0 Å². The molecule has 1 fully saturated rings. The van der Waals surface area contributed by atoms with Crippen LogP contribution in [0.2, 0.25) is 0 Å². The van der Waals surface area contributed by atoms with E-state index in [1.54, 1.807) is 22.4 Å². The molecule has 4 aliphatic rings. The number of rotatable bonds is 1. The van der Waals surface area contributed by atoms with Gasteiger partial charge in [0.25, 0.3) is 0 Å². The summed E-state index contributed by atoms with van der Waals surface area (Å²) >= 11 is 2.03. The normalized spacial score (nSPS) is 24.6. The highest BCUT2D eigenvalue weighted by molar-refractivity contribution is 8.00. The van der Waals surface area contributed by atoms with Crippen LogP contribution in [0, 0.1) is 0 Å². The van der Waals surface area contributed by atoms with Crippen LogP contribution in [0.15, 0.2) is 46.9 Å². The summed E-state index contributed by atoms with van der Waals surface area (Å²) in [6.45, 7) is 3.67. The molecular formula is C23H24N2S. The maximum absolute atomic E-state index is 2.63. The Bertz CT molecular complexity index is 885. The molecule has 3 heteroatoms. The van der Waals surface area contributed by atoms with Gasteiger partial charge in [-0.05, 0) is 78.6 Å². The molecule has 2 aromatic rings. The van der Waals surface area contributed by atoms with Crippen LogP contribution in [0.25, 0.3) is 6.08 Å². The fourth-order valence-corrected chi connectivity index (χ4v) is 6.65. The smallest absolute Gasteiger partial charge is 0.102 e. The molecule has 0 spiro atoms. The van der Waals surface area contributed by atoms with Crippen molar-refractivity contribution in [2.45, 2.75) is 42.4 Å². The molecule has 0 N–H and O–H groups in total. The molecule has 0 amide bonds. The van der Waals surface area contributed by atoms with Gasteiger partial charge in [0.2, 0.25) is 0 Å². The van der Waals surface area contributed by atoms with Crippen molar-refractivity contribution in [3.63, 3.8) is 0 Å². The fraction of sp³-hybridized carbons (Fsp3) is 0.391. The minimum absolute atomic E-state index is 0.510. The number of thioether (sulfide) groups is 1. The van der Waals surface area contributed by atoms with Crippen LogP contribution in [-0.2, 0) is 12.8 Å². The summed E-state index contributed by atoms with van der Waals surface area (Å²) in [6.07, 6.45) is 8.84. The zero-order chi connectivity index (χ0) is 17.1. The van der Waals surface area contributed by atoms with E-state index in [9.17, 15) is 0 Å². The van der Waals surface area contributed by atoms with Gasteiger partial charge in [0.1, 0.15) is 5.37 Å². The Balaban J connectivity index is 1.37.